The molecule has 0 radical (unpaired) electrons. The van der Waals surface area contributed by atoms with E-state index in [9.17, 15) is 13.6 Å². The Bertz CT molecular complexity index is 741. The van der Waals surface area contributed by atoms with E-state index in [0.717, 1.165) is 12.1 Å². The molecule has 0 spiro atoms. The molecule has 0 aliphatic rings. The molecule has 24 heavy (non-hydrogen) atoms. The van der Waals surface area contributed by atoms with Gasteiger partial charge >= 0.3 is 6.09 Å². The van der Waals surface area contributed by atoms with E-state index in [1.807, 2.05) is 20.8 Å². The van der Waals surface area contributed by atoms with Crippen LogP contribution >= 0.6 is 0 Å². The second kappa shape index (κ2) is 6.74. The first-order chi connectivity index (χ1) is 11.1. The summed E-state index contributed by atoms with van der Waals surface area (Å²) in [4.78, 5) is 11.7. The van der Waals surface area contributed by atoms with Crippen LogP contribution in [0.2, 0.25) is 0 Å². The van der Waals surface area contributed by atoms with Crippen molar-refractivity contribution in [3.8, 4) is 17.2 Å². The number of hydrogen-bond donors (Lipinski definition) is 2. The number of anilines is 1. The van der Waals surface area contributed by atoms with Gasteiger partial charge in [0.2, 0.25) is 0 Å². The highest BCUT2D eigenvalue weighted by Gasteiger charge is 2.15. The quantitative estimate of drug-likeness (QED) is 0.823. The van der Waals surface area contributed by atoms with E-state index < -0.39 is 23.3 Å². The molecular formula is C17H18F2N2O3. The molecule has 0 saturated carbocycles. The molecule has 0 aromatic heterocycles. The predicted octanol–water partition coefficient (Wildman–Crippen LogP) is 4.23. The lowest BCUT2D eigenvalue weighted by molar-refractivity contribution is 0.190. The highest BCUT2D eigenvalue weighted by Crippen LogP contribution is 2.29. The lowest BCUT2D eigenvalue weighted by atomic mass is 10.1. The van der Waals surface area contributed by atoms with E-state index in [-0.39, 0.29) is 22.9 Å². The third-order valence-electron chi connectivity index (χ3n) is 2.79. The van der Waals surface area contributed by atoms with E-state index in [2.05, 4.69) is 5.32 Å². The molecule has 0 saturated heterocycles. The van der Waals surface area contributed by atoms with Gasteiger partial charge < -0.3 is 20.5 Å². The first kappa shape index (κ1) is 17.5. The Hall–Kier alpha value is -2.83. The average Bonchev–Trinajstić information content (AvgIpc) is 2.44. The Morgan fingerprint density at radius 3 is 2.21 bits per heavy atom. The number of benzene rings is 2. The Morgan fingerprint density at radius 1 is 1.04 bits per heavy atom. The van der Waals surface area contributed by atoms with E-state index in [0.29, 0.717) is 0 Å². The van der Waals surface area contributed by atoms with E-state index >= 15 is 0 Å². The van der Waals surface area contributed by atoms with Crippen LogP contribution in [0.25, 0.3) is 0 Å². The van der Waals surface area contributed by atoms with Crippen molar-refractivity contribution in [2.45, 2.75) is 26.3 Å². The third kappa shape index (κ3) is 4.84. The molecule has 0 atom stereocenters. The van der Waals surface area contributed by atoms with Gasteiger partial charge in [-0.2, -0.15) is 0 Å². The lowest BCUT2D eigenvalue weighted by Crippen LogP contribution is -2.42. The Labute approximate surface area is 138 Å². The average molecular weight is 336 g/mol. The van der Waals surface area contributed by atoms with Crippen LogP contribution in [0.1, 0.15) is 20.8 Å². The number of nitrogen functional groups attached to an aromatic ring is 1. The molecule has 5 nitrogen and oxygen atoms in total. The van der Waals surface area contributed by atoms with Crippen molar-refractivity contribution >= 4 is 11.8 Å². The largest absolute Gasteiger partial charge is 0.454 e. The molecule has 2 rings (SSSR count). The second-order valence-electron chi connectivity index (χ2n) is 6.14. The van der Waals surface area contributed by atoms with Crippen LogP contribution in [-0.4, -0.2) is 11.6 Å². The standard InChI is InChI=1S/C17H18F2N2O3/c1-17(2,3)21-16(22)24-11-6-4-10(5-7-11)23-15-9-12(18)14(20)8-13(15)19/h4-9H,20H2,1-3H3,(H,21,22). The van der Waals surface area contributed by atoms with Crippen LogP contribution in [0.3, 0.4) is 0 Å². The first-order valence-electron chi connectivity index (χ1n) is 7.16. The van der Waals surface area contributed by atoms with Gasteiger partial charge in [-0.1, -0.05) is 0 Å². The summed E-state index contributed by atoms with van der Waals surface area (Å²) in [5.41, 5.74) is 4.55. The summed E-state index contributed by atoms with van der Waals surface area (Å²) in [6.07, 6.45) is -0.595. The Kier molecular flexibility index (Phi) is 4.92. The van der Waals surface area contributed by atoms with Crippen molar-refractivity contribution in [1.82, 2.24) is 5.32 Å². The maximum absolute atomic E-state index is 13.7. The minimum absolute atomic E-state index is 0.252. The maximum Gasteiger partial charge on any atom is 0.413 e. The zero-order valence-electron chi connectivity index (χ0n) is 13.5. The van der Waals surface area contributed by atoms with Crippen LogP contribution in [0, 0.1) is 11.6 Å². The molecule has 0 fully saturated rings. The second-order valence-corrected chi connectivity index (χ2v) is 6.14. The minimum atomic E-state index is -0.779. The number of carbonyl (C=O) groups is 1. The van der Waals surface area contributed by atoms with Crippen LogP contribution < -0.4 is 20.5 Å². The fourth-order valence-corrected chi connectivity index (χ4v) is 1.76. The van der Waals surface area contributed by atoms with Gasteiger partial charge in [0.1, 0.15) is 17.3 Å². The first-order valence-corrected chi connectivity index (χ1v) is 7.16. The summed E-state index contributed by atoms with van der Waals surface area (Å²) in [7, 11) is 0. The van der Waals surface area contributed by atoms with E-state index in [4.69, 9.17) is 15.2 Å². The molecule has 0 aliphatic carbocycles. The normalized spacial score (nSPS) is 11.0. The van der Waals surface area contributed by atoms with Crippen molar-refractivity contribution in [3.05, 3.63) is 48.0 Å². The molecule has 0 bridgehead atoms. The molecule has 2 aromatic carbocycles. The monoisotopic (exact) mass is 336 g/mol. The van der Waals surface area contributed by atoms with Crippen LogP contribution in [-0.2, 0) is 0 Å². The summed E-state index contributed by atoms with van der Waals surface area (Å²) in [6, 6.07) is 7.60. The Balaban J connectivity index is 2.05. The molecular weight excluding hydrogens is 318 g/mol. The van der Waals surface area contributed by atoms with E-state index in [1.165, 1.54) is 24.3 Å². The number of hydrogen-bond acceptors (Lipinski definition) is 4. The number of halogens is 2. The number of carbonyl (C=O) groups excluding carboxylic acids is 1. The highest BCUT2D eigenvalue weighted by atomic mass is 19.1. The highest BCUT2D eigenvalue weighted by molar-refractivity contribution is 5.71. The van der Waals surface area contributed by atoms with Gasteiger partial charge in [-0.05, 0) is 45.0 Å². The van der Waals surface area contributed by atoms with Gasteiger partial charge in [0.15, 0.2) is 11.6 Å². The van der Waals surface area contributed by atoms with Crippen molar-refractivity contribution in [2.75, 3.05) is 5.73 Å². The fourth-order valence-electron chi connectivity index (χ4n) is 1.76. The SMILES string of the molecule is CC(C)(C)NC(=O)Oc1ccc(Oc2cc(F)c(N)cc2F)cc1. The van der Waals surface area contributed by atoms with Crippen LogP contribution in [0.15, 0.2) is 36.4 Å². The summed E-state index contributed by atoms with van der Waals surface area (Å²) < 4.78 is 37.4. The topological polar surface area (TPSA) is 73.6 Å². The van der Waals surface area contributed by atoms with Gasteiger partial charge in [0, 0.05) is 17.7 Å². The van der Waals surface area contributed by atoms with E-state index in [1.54, 1.807) is 0 Å². The summed E-state index contributed by atoms with van der Waals surface area (Å²) >= 11 is 0. The van der Waals surface area contributed by atoms with Gasteiger partial charge in [0.05, 0.1) is 5.69 Å². The fraction of sp³-hybridized carbons (Fsp3) is 0.235. The number of amides is 1. The third-order valence-corrected chi connectivity index (χ3v) is 2.79. The zero-order chi connectivity index (χ0) is 17.9. The number of rotatable bonds is 3. The number of ether oxygens (including phenoxy) is 2. The van der Waals surface area contributed by atoms with Crippen molar-refractivity contribution in [2.24, 2.45) is 0 Å². The molecule has 7 heteroatoms. The van der Waals surface area contributed by atoms with Crippen LogP contribution in [0.4, 0.5) is 19.3 Å². The van der Waals surface area contributed by atoms with Crippen molar-refractivity contribution < 1.29 is 23.0 Å². The molecule has 0 aliphatic heterocycles. The minimum Gasteiger partial charge on any atom is -0.454 e. The smallest absolute Gasteiger partial charge is 0.413 e. The van der Waals surface area contributed by atoms with Crippen molar-refractivity contribution in [3.63, 3.8) is 0 Å². The molecule has 128 valence electrons. The Morgan fingerprint density at radius 2 is 1.62 bits per heavy atom. The number of nitrogens with one attached hydrogen (secondary N) is 1. The summed E-state index contributed by atoms with van der Waals surface area (Å²) in [6.45, 7) is 5.47. The number of nitrogens with two attached hydrogens (primary N) is 1. The molecule has 0 unspecified atom stereocenters. The van der Waals surface area contributed by atoms with Crippen LogP contribution in [0.5, 0.6) is 17.2 Å². The van der Waals surface area contributed by atoms with Gasteiger partial charge in [-0.3, -0.25) is 0 Å². The summed E-state index contributed by atoms with van der Waals surface area (Å²) in [5.74, 6) is -1.31. The zero-order valence-corrected chi connectivity index (χ0v) is 13.5. The maximum atomic E-state index is 13.7. The summed E-state index contributed by atoms with van der Waals surface area (Å²) in [5, 5.41) is 2.65. The lowest BCUT2D eigenvalue weighted by Gasteiger charge is -2.19. The molecule has 3 N–H and O–H groups in total. The molecule has 1 amide bonds. The van der Waals surface area contributed by atoms with Gasteiger partial charge in [-0.25, -0.2) is 13.6 Å². The van der Waals surface area contributed by atoms with Gasteiger partial charge in [0.25, 0.3) is 0 Å². The van der Waals surface area contributed by atoms with Crippen molar-refractivity contribution in [1.29, 1.82) is 0 Å². The van der Waals surface area contributed by atoms with Gasteiger partial charge in [-0.15, -0.1) is 0 Å². The predicted molar refractivity (Wildman–Crippen MR) is 86.2 cm³/mol. The molecule has 0 heterocycles. The molecule has 2 aromatic rings.